The van der Waals surface area contributed by atoms with E-state index in [2.05, 4.69) is 10.2 Å². The molecular formula is C26H21Cl2N5O3S. The maximum absolute atomic E-state index is 13.2. The first-order valence-corrected chi connectivity index (χ1v) is 13.4. The number of benzene rings is 3. The van der Waals surface area contributed by atoms with Crippen molar-refractivity contribution in [1.82, 2.24) is 23.7 Å². The van der Waals surface area contributed by atoms with Crippen molar-refractivity contribution in [2.75, 3.05) is 14.1 Å². The van der Waals surface area contributed by atoms with Gasteiger partial charge in [0.05, 0.1) is 17.6 Å². The zero-order chi connectivity index (χ0) is 26.3. The zero-order valence-electron chi connectivity index (χ0n) is 19.8. The fraction of sp³-hybridized carbons (Fsp3) is 0.115. The molecule has 2 aromatic heterocycles. The predicted molar refractivity (Wildman–Crippen MR) is 145 cm³/mol. The minimum atomic E-state index is -3.55. The van der Waals surface area contributed by atoms with Crippen LogP contribution < -0.4 is 5.69 Å². The van der Waals surface area contributed by atoms with Gasteiger partial charge in [0, 0.05) is 35.3 Å². The summed E-state index contributed by atoms with van der Waals surface area (Å²) >= 11 is 12.2. The Morgan fingerprint density at radius 2 is 1.41 bits per heavy atom. The molecule has 0 unspecified atom stereocenters. The number of sulfonamides is 1. The van der Waals surface area contributed by atoms with Gasteiger partial charge < -0.3 is 0 Å². The van der Waals surface area contributed by atoms with Crippen LogP contribution in [-0.2, 0) is 16.6 Å². The highest BCUT2D eigenvalue weighted by atomic mass is 35.5. The van der Waals surface area contributed by atoms with E-state index in [1.165, 1.54) is 35.4 Å². The standard InChI is InChI=1S/C26H21Cl2N5O3S/c1-31(2)37(35,36)22-13-3-17(4-14-22)16-32-26(34)33-25(30-32)24(19-7-11-21(28)12-8-19)23(15-29-33)18-5-9-20(27)10-6-18/h3-15H,16H2,1-2H3. The first kappa shape index (κ1) is 25.2. The molecular weight excluding hydrogens is 533 g/mol. The van der Waals surface area contributed by atoms with Gasteiger partial charge in [0.2, 0.25) is 10.0 Å². The third kappa shape index (κ3) is 4.78. The van der Waals surface area contributed by atoms with E-state index in [0.29, 0.717) is 21.3 Å². The molecule has 188 valence electrons. The van der Waals surface area contributed by atoms with Gasteiger partial charge in [0.15, 0.2) is 5.65 Å². The van der Waals surface area contributed by atoms with Crippen molar-refractivity contribution in [2.45, 2.75) is 11.4 Å². The maximum atomic E-state index is 13.2. The van der Waals surface area contributed by atoms with E-state index in [-0.39, 0.29) is 11.4 Å². The summed E-state index contributed by atoms with van der Waals surface area (Å²) in [4.78, 5) is 13.4. The summed E-state index contributed by atoms with van der Waals surface area (Å²) in [5, 5.41) is 10.2. The monoisotopic (exact) mass is 553 g/mol. The summed E-state index contributed by atoms with van der Waals surface area (Å²) in [5.74, 6) is 0. The fourth-order valence-corrected chi connectivity index (χ4v) is 5.12. The highest BCUT2D eigenvalue weighted by Crippen LogP contribution is 2.35. The van der Waals surface area contributed by atoms with Crippen LogP contribution in [0.3, 0.4) is 0 Å². The molecule has 0 aliphatic carbocycles. The molecule has 0 radical (unpaired) electrons. The quantitative estimate of drug-likeness (QED) is 0.300. The SMILES string of the molecule is CN(C)S(=O)(=O)c1ccc(Cn2nc3c(-c4ccc(Cl)cc4)c(-c4ccc(Cl)cc4)cnn3c2=O)cc1. The molecule has 5 aromatic rings. The first-order valence-electron chi connectivity index (χ1n) is 11.2. The average molecular weight is 554 g/mol. The molecule has 0 aliphatic rings. The Balaban J connectivity index is 1.63. The van der Waals surface area contributed by atoms with Crippen molar-refractivity contribution in [2.24, 2.45) is 0 Å². The molecule has 5 rings (SSSR count). The van der Waals surface area contributed by atoms with Crippen LogP contribution in [0.15, 0.2) is 88.7 Å². The second-order valence-corrected chi connectivity index (χ2v) is 11.6. The van der Waals surface area contributed by atoms with Gasteiger partial charge in [0.25, 0.3) is 0 Å². The van der Waals surface area contributed by atoms with E-state index in [0.717, 1.165) is 26.6 Å². The summed E-state index contributed by atoms with van der Waals surface area (Å²) in [7, 11) is -0.601. The summed E-state index contributed by atoms with van der Waals surface area (Å²) in [6.07, 6.45) is 1.63. The number of halogens is 2. The van der Waals surface area contributed by atoms with Gasteiger partial charge in [-0.2, -0.15) is 9.61 Å². The topological polar surface area (TPSA) is 89.6 Å². The number of hydrogen-bond acceptors (Lipinski definition) is 5. The lowest BCUT2D eigenvalue weighted by molar-refractivity contribution is 0.520. The first-order chi connectivity index (χ1) is 17.6. The molecule has 2 heterocycles. The molecule has 0 saturated heterocycles. The van der Waals surface area contributed by atoms with E-state index in [1.807, 2.05) is 24.3 Å². The van der Waals surface area contributed by atoms with Crippen molar-refractivity contribution in [3.8, 4) is 22.3 Å². The number of rotatable bonds is 6. The van der Waals surface area contributed by atoms with Gasteiger partial charge in [-0.3, -0.25) is 0 Å². The molecule has 0 fully saturated rings. The smallest absolute Gasteiger partial charge is 0.244 e. The lowest BCUT2D eigenvalue weighted by atomic mass is 9.97. The number of nitrogens with zero attached hydrogens (tertiary/aromatic N) is 5. The van der Waals surface area contributed by atoms with E-state index >= 15 is 0 Å². The highest BCUT2D eigenvalue weighted by Gasteiger charge is 2.20. The molecule has 11 heteroatoms. The van der Waals surface area contributed by atoms with Crippen LogP contribution in [0, 0.1) is 0 Å². The van der Waals surface area contributed by atoms with Gasteiger partial charge in [-0.05, 0) is 53.1 Å². The molecule has 0 aliphatic heterocycles. The van der Waals surface area contributed by atoms with Crippen LogP contribution in [0.4, 0.5) is 0 Å². The van der Waals surface area contributed by atoms with Crippen molar-refractivity contribution in [3.05, 3.63) is 105 Å². The van der Waals surface area contributed by atoms with Crippen LogP contribution in [0.5, 0.6) is 0 Å². The van der Waals surface area contributed by atoms with E-state index < -0.39 is 15.7 Å². The third-order valence-electron chi connectivity index (χ3n) is 5.94. The Bertz CT molecular complexity index is 1760. The van der Waals surface area contributed by atoms with E-state index in [4.69, 9.17) is 23.2 Å². The lowest BCUT2D eigenvalue weighted by Crippen LogP contribution is -2.23. The van der Waals surface area contributed by atoms with Crippen LogP contribution >= 0.6 is 23.2 Å². The fourth-order valence-electron chi connectivity index (χ4n) is 3.96. The number of fused-ring (bicyclic) bond motifs is 1. The van der Waals surface area contributed by atoms with Gasteiger partial charge in [0.1, 0.15) is 0 Å². The summed E-state index contributed by atoms with van der Waals surface area (Å²) in [6.45, 7) is 0.140. The molecule has 0 amide bonds. The summed E-state index contributed by atoms with van der Waals surface area (Å²) in [5.41, 5.74) is 3.86. The second kappa shape index (κ2) is 9.75. The van der Waals surface area contributed by atoms with Gasteiger partial charge in [-0.25, -0.2) is 22.2 Å². The number of aromatic nitrogens is 4. The normalized spacial score (nSPS) is 11.9. The zero-order valence-corrected chi connectivity index (χ0v) is 22.2. The molecule has 0 saturated carbocycles. The maximum Gasteiger partial charge on any atom is 0.367 e. The molecule has 0 N–H and O–H groups in total. The summed E-state index contributed by atoms with van der Waals surface area (Å²) < 4.78 is 28.4. The number of hydrogen-bond donors (Lipinski definition) is 0. The molecule has 0 atom stereocenters. The predicted octanol–water partition coefficient (Wildman–Crippen LogP) is 4.83. The molecule has 0 bridgehead atoms. The van der Waals surface area contributed by atoms with Crippen molar-refractivity contribution < 1.29 is 8.42 Å². The Kier molecular flexibility index (Phi) is 6.63. The van der Waals surface area contributed by atoms with Gasteiger partial charge in [-0.1, -0.05) is 59.6 Å². The van der Waals surface area contributed by atoms with Gasteiger partial charge >= 0.3 is 5.69 Å². The average Bonchev–Trinajstić information content (AvgIpc) is 3.20. The van der Waals surface area contributed by atoms with Crippen LogP contribution in [0.2, 0.25) is 10.0 Å². The van der Waals surface area contributed by atoms with Crippen molar-refractivity contribution in [3.63, 3.8) is 0 Å². The highest BCUT2D eigenvalue weighted by molar-refractivity contribution is 7.89. The Morgan fingerprint density at radius 1 is 0.838 bits per heavy atom. The molecule has 3 aromatic carbocycles. The Hall–Kier alpha value is -3.50. The lowest BCUT2D eigenvalue weighted by Gasteiger charge is -2.11. The third-order valence-corrected chi connectivity index (χ3v) is 8.27. The van der Waals surface area contributed by atoms with Crippen LogP contribution in [0.1, 0.15) is 5.56 Å². The van der Waals surface area contributed by atoms with E-state index in [1.54, 1.807) is 42.6 Å². The second-order valence-electron chi connectivity index (χ2n) is 8.55. The Morgan fingerprint density at radius 3 is 1.97 bits per heavy atom. The largest absolute Gasteiger partial charge is 0.367 e. The molecule has 37 heavy (non-hydrogen) atoms. The molecule has 0 spiro atoms. The van der Waals surface area contributed by atoms with Gasteiger partial charge in [-0.15, -0.1) is 5.10 Å². The summed E-state index contributed by atoms with van der Waals surface area (Å²) in [6, 6.07) is 21.0. The minimum absolute atomic E-state index is 0.140. The van der Waals surface area contributed by atoms with Crippen molar-refractivity contribution in [1.29, 1.82) is 0 Å². The molecule has 8 nitrogen and oxygen atoms in total. The Labute approximate surface area is 223 Å². The van der Waals surface area contributed by atoms with Crippen LogP contribution in [-0.4, -0.2) is 46.2 Å². The van der Waals surface area contributed by atoms with Crippen LogP contribution in [0.25, 0.3) is 27.9 Å². The minimum Gasteiger partial charge on any atom is -0.244 e. The van der Waals surface area contributed by atoms with E-state index in [9.17, 15) is 13.2 Å². The van der Waals surface area contributed by atoms with Crippen molar-refractivity contribution >= 4 is 38.9 Å².